The highest BCUT2D eigenvalue weighted by atomic mass is 16.3. The fourth-order valence-corrected chi connectivity index (χ4v) is 5.74. The van der Waals surface area contributed by atoms with Gasteiger partial charge in [0.1, 0.15) is 5.65 Å². The van der Waals surface area contributed by atoms with Crippen molar-refractivity contribution in [2.45, 2.75) is 38.2 Å². The lowest BCUT2D eigenvalue weighted by Gasteiger charge is -2.41. The molecule has 0 aromatic carbocycles. The van der Waals surface area contributed by atoms with E-state index in [1.807, 2.05) is 12.3 Å². The number of β-amino-alcohol motifs (C(OH)–C–C–N with tert-alkyl or cyclic N) is 1. The number of rotatable bonds is 3. The van der Waals surface area contributed by atoms with Crippen LogP contribution in [0.2, 0.25) is 0 Å². The van der Waals surface area contributed by atoms with E-state index in [4.69, 9.17) is 5.10 Å². The number of aliphatic hydroxyl groups is 2. The molecule has 0 unspecified atom stereocenters. The summed E-state index contributed by atoms with van der Waals surface area (Å²) >= 11 is 0. The average Bonchev–Trinajstić information content (AvgIpc) is 3.22. The van der Waals surface area contributed by atoms with Crippen molar-refractivity contribution in [2.24, 2.45) is 22.9 Å². The minimum absolute atomic E-state index is 0.0770. The lowest BCUT2D eigenvalue weighted by Crippen LogP contribution is -2.55. The molecule has 2 bridgehead atoms. The number of nitrogens with one attached hydrogen (secondary N) is 1. The van der Waals surface area contributed by atoms with Gasteiger partial charge in [-0.05, 0) is 43.6 Å². The summed E-state index contributed by atoms with van der Waals surface area (Å²) in [5.74, 6) is 0.913. The monoisotopic (exact) mass is 368 g/mol. The molecule has 2 aliphatic carbocycles. The molecule has 3 aliphatic rings. The van der Waals surface area contributed by atoms with Gasteiger partial charge >= 0.3 is 7.05 Å². The molecular formula is C19H25BN4O3. The van der Waals surface area contributed by atoms with Crippen LogP contribution in [0.5, 0.6) is 0 Å². The van der Waals surface area contributed by atoms with Gasteiger partial charge in [-0.25, -0.2) is 4.98 Å². The molecule has 2 aromatic rings. The van der Waals surface area contributed by atoms with Gasteiger partial charge in [-0.1, -0.05) is 6.92 Å². The Hall–Kier alpha value is -1.90. The third-order valence-corrected chi connectivity index (χ3v) is 6.76. The van der Waals surface area contributed by atoms with Gasteiger partial charge in [-0.2, -0.15) is 5.10 Å². The Morgan fingerprint density at radius 2 is 2.26 bits per heavy atom. The van der Waals surface area contributed by atoms with Gasteiger partial charge in [0.2, 0.25) is 0 Å². The number of hydrogen-bond donors (Lipinski definition) is 4. The van der Waals surface area contributed by atoms with Gasteiger partial charge < -0.3 is 25.1 Å². The normalized spacial score (nSPS) is 32.7. The molecule has 2 fully saturated rings. The first-order chi connectivity index (χ1) is 13.0. The number of aliphatic hydroxyl groups excluding tert-OH is 1. The third-order valence-electron chi connectivity index (χ3n) is 6.76. The fourth-order valence-electron chi connectivity index (χ4n) is 5.74. The maximum Gasteiger partial charge on any atom is 0.468 e. The van der Waals surface area contributed by atoms with Gasteiger partial charge in [0.05, 0.1) is 17.9 Å². The van der Waals surface area contributed by atoms with E-state index in [1.165, 1.54) is 0 Å². The van der Waals surface area contributed by atoms with Gasteiger partial charge in [-0.15, -0.1) is 0 Å². The van der Waals surface area contributed by atoms with Gasteiger partial charge in [0, 0.05) is 41.3 Å². The number of pyridine rings is 1. The van der Waals surface area contributed by atoms with Crippen molar-refractivity contribution in [3.8, 4) is 0 Å². The summed E-state index contributed by atoms with van der Waals surface area (Å²) in [5, 5.41) is 36.9. The zero-order valence-electron chi connectivity index (χ0n) is 15.5. The third kappa shape index (κ3) is 2.54. The van der Waals surface area contributed by atoms with E-state index in [0.29, 0.717) is 11.8 Å². The highest BCUT2D eigenvalue weighted by molar-refractivity contribution is 6.66. The molecule has 7 nitrogen and oxygen atoms in total. The Morgan fingerprint density at radius 1 is 1.41 bits per heavy atom. The molecule has 4 atom stereocenters. The van der Waals surface area contributed by atoms with Crippen LogP contribution in [0.15, 0.2) is 23.6 Å². The van der Waals surface area contributed by atoms with Crippen LogP contribution in [0.4, 0.5) is 0 Å². The first kappa shape index (κ1) is 17.2. The Balaban J connectivity index is 1.68. The Bertz CT molecular complexity index is 915. The summed E-state index contributed by atoms with van der Waals surface area (Å²) < 4.78 is 0. The number of hydrogen-bond acceptors (Lipinski definition) is 6. The van der Waals surface area contributed by atoms with E-state index >= 15 is 0 Å². The van der Waals surface area contributed by atoms with Crippen LogP contribution in [0.1, 0.15) is 38.2 Å². The maximum atomic E-state index is 10.8. The largest absolute Gasteiger partial charge is 0.468 e. The second kappa shape index (κ2) is 6.05. The maximum absolute atomic E-state index is 10.8. The second-order valence-electron chi connectivity index (χ2n) is 8.51. The highest BCUT2D eigenvalue weighted by Crippen LogP contribution is 2.52. The Kier molecular flexibility index (Phi) is 3.86. The second-order valence-corrected chi connectivity index (χ2v) is 8.51. The summed E-state index contributed by atoms with van der Waals surface area (Å²) in [5.41, 5.74) is 2.95. The van der Waals surface area contributed by atoms with Gasteiger partial charge in [-0.3, -0.25) is 0 Å². The molecule has 5 rings (SSSR count). The predicted molar refractivity (Wildman–Crippen MR) is 104 cm³/mol. The number of fused-ring (bicyclic) bond motifs is 5. The minimum atomic E-state index is -0.915. The van der Waals surface area contributed by atoms with Crippen LogP contribution in [-0.2, 0) is 0 Å². The van der Waals surface area contributed by atoms with Gasteiger partial charge in [0.15, 0.2) is 0 Å². The van der Waals surface area contributed by atoms with E-state index in [-0.39, 0.29) is 19.1 Å². The van der Waals surface area contributed by atoms with Crippen LogP contribution >= 0.6 is 0 Å². The predicted octanol–water partition coefficient (Wildman–Crippen LogP) is 0.450. The van der Waals surface area contributed by atoms with Crippen molar-refractivity contribution in [1.29, 1.82) is 0 Å². The lowest BCUT2D eigenvalue weighted by atomic mass is 9.63. The van der Waals surface area contributed by atoms with Crippen LogP contribution < -0.4 is 5.46 Å². The van der Waals surface area contributed by atoms with Crippen molar-refractivity contribution in [3.63, 3.8) is 0 Å². The van der Waals surface area contributed by atoms with E-state index in [9.17, 15) is 15.2 Å². The van der Waals surface area contributed by atoms with E-state index in [2.05, 4.69) is 16.9 Å². The van der Waals surface area contributed by atoms with Gasteiger partial charge in [0.25, 0.3) is 0 Å². The zero-order chi connectivity index (χ0) is 18.8. The van der Waals surface area contributed by atoms with Crippen molar-refractivity contribution in [3.05, 3.63) is 24.0 Å². The number of nitrogens with zero attached hydrogens (tertiary/aromatic N) is 3. The standard InChI is InChI=1S/C19H25BN4O3/c1-11-8-19(26)4-2-12(9-19)15(11)17-16-13-3-5-21-18(13)22-10-14(16)20(27)24(23-17)6-7-25/h3,5,10-12,15,25-27H,2,4,6-9H2,1H3,(H,21,22)/t11-,12+,15+,19-/m1/s1. The van der Waals surface area contributed by atoms with E-state index < -0.39 is 12.7 Å². The molecule has 0 saturated heterocycles. The molecule has 2 aromatic heterocycles. The summed E-state index contributed by atoms with van der Waals surface area (Å²) in [6.07, 6.45) is 7.05. The fraction of sp³-hybridized carbons (Fsp3) is 0.579. The number of aromatic amines is 1. The summed E-state index contributed by atoms with van der Waals surface area (Å²) in [6.45, 7) is 2.39. The van der Waals surface area contributed by atoms with Crippen molar-refractivity contribution in [1.82, 2.24) is 14.9 Å². The lowest BCUT2D eigenvalue weighted by molar-refractivity contribution is -0.00750. The van der Waals surface area contributed by atoms with Crippen LogP contribution in [0.3, 0.4) is 0 Å². The Morgan fingerprint density at radius 3 is 3.07 bits per heavy atom. The summed E-state index contributed by atoms with van der Waals surface area (Å²) in [4.78, 5) is 9.18. The Labute approximate surface area is 158 Å². The minimum Gasteiger partial charge on any atom is -0.428 e. The topological polar surface area (TPSA) is 105 Å². The molecule has 27 heavy (non-hydrogen) atoms. The molecule has 3 heterocycles. The molecule has 0 radical (unpaired) electrons. The highest BCUT2D eigenvalue weighted by Gasteiger charge is 2.51. The van der Waals surface area contributed by atoms with Crippen molar-refractivity contribution in [2.75, 3.05) is 13.2 Å². The van der Waals surface area contributed by atoms with Crippen LogP contribution in [0.25, 0.3) is 11.0 Å². The smallest absolute Gasteiger partial charge is 0.428 e. The molecule has 0 amide bonds. The average molecular weight is 368 g/mol. The van der Waals surface area contributed by atoms with Crippen LogP contribution in [-0.4, -0.2) is 61.6 Å². The first-order valence-electron chi connectivity index (χ1n) is 9.83. The SMILES string of the molecule is C[C@@H]1C[C@]2(O)CC[C@@H](C2)[C@H]1C1=NN(CCO)B(O)c2cnc3[nH]ccc3c21. The van der Waals surface area contributed by atoms with Crippen molar-refractivity contribution >= 4 is 29.3 Å². The molecule has 0 spiro atoms. The molecule has 142 valence electrons. The zero-order valence-corrected chi connectivity index (χ0v) is 15.5. The molecule has 8 heteroatoms. The molecule has 2 saturated carbocycles. The van der Waals surface area contributed by atoms with E-state index in [1.54, 1.807) is 11.1 Å². The summed E-state index contributed by atoms with van der Waals surface area (Å²) in [6, 6.07) is 1.99. The number of aromatic nitrogens is 2. The van der Waals surface area contributed by atoms with Crippen molar-refractivity contribution < 1.29 is 15.2 Å². The summed E-state index contributed by atoms with van der Waals surface area (Å²) in [7, 11) is -0.915. The quantitative estimate of drug-likeness (QED) is 0.589. The number of hydrazone groups is 1. The molecule has 1 aliphatic heterocycles. The number of H-pyrrole nitrogens is 1. The molecule has 4 N–H and O–H groups in total. The molecular weight excluding hydrogens is 343 g/mol. The van der Waals surface area contributed by atoms with Crippen LogP contribution in [0, 0.1) is 17.8 Å². The van der Waals surface area contributed by atoms with E-state index in [0.717, 1.165) is 53.5 Å². The first-order valence-corrected chi connectivity index (χ1v) is 9.83.